The molecule has 0 atom stereocenters. The van der Waals surface area contributed by atoms with Gasteiger partial charge in [0.1, 0.15) is 0 Å². The zero-order valence-electron chi connectivity index (χ0n) is 10.4. The summed E-state index contributed by atoms with van der Waals surface area (Å²) in [5.41, 5.74) is 2.26. The van der Waals surface area contributed by atoms with Gasteiger partial charge in [-0.05, 0) is 32.5 Å². The molecule has 0 bridgehead atoms. The number of nitrogens with zero attached hydrogens (tertiary/aromatic N) is 2. The Kier molecular flexibility index (Phi) is 6.45. The number of pyridine rings is 1. The van der Waals surface area contributed by atoms with Gasteiger partial charge in [0, 0.05) is 25.4 Å². The van der Waals surface area contributed by atoms with Gasteiger partial charge in [-0.1, -0.05) is 6.07 Å². The van der Waals surface area contributed by atoms with E-state index in [1.54, 1.807) is 0 Å². The number of hydrogen-bond donors (Lipinski definition) is 1. The number of nitrogens with one attached hydrogen (secondary N) is 1. The lowest BCUT2D eigenvalue weighted by Crippen LogP contribution is -2.21. The molecule has 0 amide bonds. The summed E-state index contributed by atoms with van der Waals surface area (Å²) in [4.78, 5) is 6.91. The molecule has 0 fully saturated rings. The van der Waals surface area contributed by atoms with Gasteiger partial charge in [-0.25, -0.2) is 0 Å². The van der Waals surface area contributed by atoms with Gasteiger partial charge in [0.2, 0.25) is 0 Å². The van der Waals surface area contributed by atoms with Crippen LogP contribution in [-0.2, 0) is 13.1 Å². The van der Waals surface area contributed by atoms with Gasteiger partial charge in [0.15, 0.2) is 0 Å². The maximum atomic E-state index is 4.60. The lowest BCUT2D eigenvalue weighted by atomic mass is 10.3. The van der Waals surface area contributed by atoms with Crippen LogP contribution in [-0.4, -0.2) is 42.5 Å². The zero-order valence-corrected chi connectivity index (χ0v) is 11.2. The van der Waals surface area contributed by atoms with Crippen LogP contribution >= 0.6 is 11.8 Å². The fourth-order valence-electron chi connectivity index (χ4n) is 1.50. The molecule has 16 heavy (non-hydrogen) atoms. The monoisotopic (exact) mass is 239 g/mol. The van der Waals surface area contributed by atoms with Crippen molar-refractivity contribution in [3.8, 4) is 0 Å². The first-order chi connectivity index (χ1) is 7.76. The smallest absolute Gasteiger partial charge is 0.0547 e. The minimum Gasteiger partial charge on any atom is -0.314 e. The third kappa shape index (κ3) is 4.96. The predicted molar refractivity (Wildman–Crippen MR) is 71.7 cm³/mol. The van der Waals surface area contributed by atoms with E-state index >= 15 is 0 Å². The third-order valence-electron chi connectivity index (χ3n) is 2.33. The molecule has 3 nitrogen and oxygen atoms in total. The summed E-state index contributed by atoms with van der Waals surface area (Å²) < 4.78 is 0. The largest absolute Gasteiger partial charge is 0.314 e. The normalized spacial score (nSPS) is 11.0. The van der Waals surface area contributed by atoms with Crippen molar-refractivity contribution < 1.29 is 0 Å². The van der Waals surface area contributed by atoms with E-state index in [9.17, 15) is 0 Å². The molecule has 90 valence electrons. The molecular formula is C12H21N3S. The Morgan fingerprint density at radius 2 is 2.12 bits per heavy atom. The van der Waals surface area contributed by atoms with Crippen LogP contribution in [0.15, 0.2) is 18.2 Å². The van der Waals surface area contributed by atoms with Crippen LogP contribution in [0.3, 0.4) is 0 Å². The van der Waals surface area contributed by atoms with Crippen molar-refractivity contribution in [2.24, 2.45) is 0 Å². The molecule has 1 N–H and O–H groups in total. The van der Waals surface area contributed by atoms with Crippen LogP contribution in [0, 0.1) is 0 Å². The second-order valence-electron chi connectivity index (χ2n) is 3.88. The molecule has 4 heteroatoms. The Labute approximate surface area is 103 Å². The number of hydrogen-bond acceptors (Lipinski definition) is 4. The highest BCUT2D eigenvalue weighted by Crippen LogP contribution is 2.03. The summed E-state index contributed by atoms with van der Waals surface area (Å²) in [6, 6.07) is 6.23. The van der Waals surface area contributed by atoms with E-state index in [4.69, 9.17) is 0 Å². The number of aromatic nitrogens is 1. The topological polar surface area (TPSA) is 28.2 Å². The van der Waals surface area contributed by atoms with E-state index in [0.717, 1.165) is 31.0 Å². The Morgan fingerprint density at radius 1 is 1.38 bits per heavy atom. The average Bonchev–Trinajstić information content (AvgIpc) is 2.27. The maximum absolute atomic E-state index is 4.60. The average molecular weight is 239 g/mol. The van der Waals surface area contributed by atoms with E-state index in [-0.39, 0.29) is 0 Å². The molecular weight excluding hydrogens is 218 g/mol. The van der Waals surface area contributed by atoms with Gasteiger partial charge in [0.25, 0.3) is 0 Å². The van der Waals surface area contributed by atoms with Crippen molar-refractivity contribution in [1.29, 1.82) is 0 Å². The predicted octanol–water partition coefficient (Wildman–Crippen LogP) is 1.60. The van der Waals surface area contributed by atoms with Gasteiger partial charge < -0.3 is 5.32 Å². The molecule has 1 rings (SSSR count). The second-order valence-corrected chi connectivity index (χ2v) is 4.87. The van der Waals surface area contributed by atoms with Crippen molar-refractivity contribution >= 4 is 11.8 Å². The minimum absolute atomic E-state index is 0.836. The van der Waals surface area contributed by atoms with Crippen molar-refractivity contribution in [2.45, 2.75) is 13.1 Å². The molecule has 0 spiro atoms. The summed E-state index contributed by atoms with van der Waals surface area (Å²) in [5, 5.41) is 3.12. The Balaban J connectivity index is 2.49. The standard InChI is InChI=1S/C12H21N3S/c1-13-9-11-5-4-6-12(14-11)10-15(2)7-8-16-3/h4-6,13H,7-10H2,1-3H3. The third-order valence-corrected chi connectivity index (χ3v) is 2.92. The van der Waals surface area contributed by atoms with Gasteiger partial charge in [-0.15, -0.1) is 0 Å². The summed E-state index contributed by atoms with van der Waals surface area (Å²) in [6.45, 7) is 2.87. The van der Waals surface area contributed by atoms with Crippen molar-refractivity contribution in [3.05, 3.63) is 29.6 Å². The van der Waals surface area contributed by atoms with Crippen molar-refractivity contribution in [1.82, 2.24) is 15.2 Å². The summed E-state index contributed by atoms with van der Waals surface area (Å²) >= 11 is 1.88. The quantitative estimate of drug-likeness (QED) is 0.782. The van der Waals surface area contributed by atoms with Crippen LogP contribution < -0.4 is 5.32 Å². The summed E-state index contributed by atoms with van der Waals surface area (Å²) in [7, 11) is 4.08. The lowest BCUT2D eigenvalue weighted by molar-refractivity contribution is 0.344. The molecule has 0 radical (unpaired) electrons. The molecule has 0 aliphatic carbocycles. The molecule has 1 aromatic rings. The molecule has 0 saturated heterocycles. The van der Waals surface area contributed by atoms with Crippen LogP contribution in [0.25, 0.3) is 0 Å². The first-order valence-corrected chi connectivity index (χ1v) is 6.92. The van der Waals surface area contributed by atoms with Gasteiger partial charge >= 0.3 is 0 Å². The van der Waals surface area contributed by atoms with Gasteiger partial charge in [0.05, 0.1) is 11.4 Å². The van der Waals surface area contributed by atoms with Crippen molar-refractivity contribution in [2.75, 3.05) is 32.6 Å². The highest BCUT2D eigenvalue weighted by atomic mass is 32.2. The molecule has 0 saturated carbocycles. The Morgan fingerprint density at radius 3 is 2.81 bits per heavy atom. The highest BCUT2D eigenvalue weighted by Gasteiger charge is 2.01. The fraction of sp³-hybridized carbons (Fsp3) is 0.583. The molecule has 1 aromatic heterocycles. The van der Waals surface area contributed by atoms with Crippen LogP contribution in [0.2, 0.25) is 0 Å². The van der Waals surface area contributed by atoms with Gasteiger partial charge in [-0.3, -0.25) is 9.88 Å². The van der Waals surface area contributed by atoms with E-state index in [1.807, 2.05) is 18.8 Å². The first kappa shape index (κ1) is 13.5. The maximum Gasteiger partial charge on any atom is 0.0547 e. The zero-order chi connectivity index (χ0) is 11.8. The van der Waals surface area contributed by atoms with E-state index < -0.39 is 0 Å². The Bertz CT molecular complexity index is 304. The van der Waals surface area contributed by atoms with E-state index in [0.29, 0.717) is 0 Å². The highest BCUT2D eigenvalue weighted by molar-refractivity contribution is 7.98. The fourth-order valence-corrected chi connectivity index (χ4v) is 1.99. The summed E-state index contributed by atoms with van der Waals surface area (Å²) in [6.07, 6.45) is 2.14. The van der Waals surface area contributed by atoms with Crippen LogP contribution in [0.1, 0.15) is 11.4 Å². The van der Waals surface area contributed by atoms with Gasteiger partial charge in [-0.2, -0.15) is 11.8 Å². The van der Waals surface area contributed by atoms with E-state index in [2.05, 4.69) is 46.7 Å². The lowest BCUT2D eigenvalue weighted by Gasteiger charge is -2.15. The Hall–Kier alpha value is -0.580. The molecule has 1 heterocycles. The van der Waals surface area contributed by atoms with Crippen molar-refractivity contribution in [3.63, 3.8) is 0 Å². The summed E-state index contributed by atoms with van der Waals surface area (Å²) in [5.74, 6) is 1.17. The molecule has 0 unspecified atom stereocenters. The minimum atomic E-state index is 0.836. The number of rotatable bonds is 7. The molecule has 0 aromatic carbocycles. The SMILES string of the molecule is CNCc1cccc(CN(C)CCSC)n1. The van der Waals surface area contributed by atoms with Crippen LogP contribution in [0.5, 0.6) is 0 Å². The van der Waals surface area contributed by atoms with E-state index in [1.165, 1.54) is 5.75 Å². The molecule has 0 aliphatic heterocycles. The first-order valence-electron chi connectivity index (χ1n) is 5.53. The molecule has 0 aliphatic rings. The second kappa shape index (κ2) is 7.65. The number of thioether (sulfide) groups is 1. The van der Waals surface area contributed by atoms with Crippen LogP contribution in [0.4, 0.5) is 0 Å².